The van der Waals surface area contributed by atoms with Crippen molar-refractivity contribution in [1.29, 1.82) is 0 Å². The molecule has 0 aromatic rings. The van der Waals surface area contributed by atoms with Crippen LogP contribution in [0.4, 0.5) is 14.4 Å². The molecule has 0 N–H and O–H groups in total. The Balaban J connectivity index is 1.56. The predicted molar refractivity (Wildman–Crippen MR) is 141 cm³/mol. The van der Waals surface area contributed by atoms with E-state index in [2.05, 4.69) is 14.2 Å². The Hall–Kier alpha value is -3.90. The molecule has 3 aliphatic heterocycles. The number of carbonyl (C=O) groups is 6. The molecular weight excluding hydrogens is 612 g/mol. The average Bonchev–Trinajstić information content (AvgIpc) is 3.76. The van der Waals surface area contributed by atoms with E-state index in [-0.39, 0.29) is 46.2 Å². The van der Waals surface area contributed by atoms with E-state index in [1.54, 1.807) is 20.8 Å². The lowest BCUT2D eigenvalue weighted by molar-refractivity contribution is -0.180. The number of esters is 3. The van der Waals surface area contributed by atoms with Crippen LogP contribution in [-0.2, 0) is 71.2 Å². The van der Waals surface area contributed by atoms with Crippen LogP contribution < -0.4 is 0 Å². The van der Waals surface area contributed by atoms with E-state index in [0.717, 1.165) is 0 Å². The number of carbonyl (C=O) groups excluding carboxylic acids is 6. The summed E-state index contributed by atoms with van der Waals surface area (Å²) in [5.41, 5.74) is 0. The van der Waals surface area contributed by atoms with Crippen LogP contribution in [0.2, 0.25) is 0 Å². The Labute approximate surface area is 258 Å². The minimum absolute atomic E-state index is 0.0564. The normalized spacial score (nSPS) is 24.0. The van der Waals surface area contributed by atoms with Gasteiger partial charge in [0, 0.05) is 0 Å². The standard InChI is InChI=1S/C27H38O18/c1-5-6-17(41-15(3)8-36-23(29)20-12-39-26(32)44-20)18(42-16(4)9-37-24(30)21-13-40-27(33)45-21)10-34-14(2)7-35-22(28)19-11-38-25(31)43-19/h14-21H,5-13H2,1-4H3. The minimum Gasteiger partial charge on any atom is -0.460 e. The highest BCUT2D eigenvalue weighted by Gasteiger charge is 2.36. The highest BCUT2D eigenvalue weighted by atomic mass is 16.8. The molecule has 8 unspecified atom stereocenters. The van der Waals surface area contributed by atoms with Gasteiger partial charge in [-0.25, -0.2) is 28.8 Å². The van der Waals surface area contributed by atoms with Gasteiger partial charge in [0.1, 0.15) is 45.7 Å². The Morgan fingerprint density at radius 2 is 1.00 bits per heavy atom. The third-order valence-corrected chi connectivity index (χ3v) is 6.29. The molecule has 8 atom stereocenters. The maximum atomic E-state index is 12.2. The van der Waals surface area contributed by atoms with Crippen LogP contribution in [0, 0.1) is 0 Å². The van der Waals surface area contributed by atoms with Crippen LogP contribution >= 0.6 is 0 Å². The summed E-state index contributed by atoms with van der Waals surface area (Å²) in [5, 5.41) is 0. The van der Waals surface area contributed by atoms with Gasteiger partial charge in [0.15, 0.2) is 0 Å². The molecule has 254 valence electrons. The molecular formula is C27H38O18. The molecule has 0 aromatic heterocycles. The first kappa shape index (κ1) is 35.6. The zero-order valence-electron chi connectivity index (χ0n) is 25.3. The van der Waals surface area contributed by atoms with Crippen molar-refractivity contribution in [3.8, 4) is 0 Å². The van der Waals surface area contributed by atoms with Gasteiger partial charge >= 0.3 is 36.4 Å². The predicted octanol–water partition coefficient (Wildman–Crippen LogP) is 0.975. The van der Waals surface area contributed by atoms with Crippen LogP contribution in [0.15, 0.2) is 0 Å². The lowest BCUT2D eigenvalue weighted by Crippen LogP contribution is -2.43. The fourth-order valence-electron chi connectivity index (χ4n) is 4.05. The van der Waals surface area contributed by atoms with Gasteiger partial charge in [0.05, 0.1) is 31.0 Å². The zero-order valence-corrected chi connectivity index (χ0v) is 25.3. The SMILES string of the molecule is CCCC(OC(C)COC(=O)C1COC(=O)O1)C(COC(C)COC(=O)C1COC(=O)O1)OC(C)COC(=O)C1COC(=O)O1. The quantitative estimate of drug-likeness (QED) is 0.141. The zero-order chi connectivity index (χ0) is 32.9. The topological polar surface area (TPSA) is 213 Å². The summed E-state index contributed by atoms with van der Waals surface area (Å²) in [7, 11) is 0. The molecule has 3 saturated heterocycles. The summed E-state index contributed by atoms with van der Waals surface area (Å²) in [4.78, 5) is 69.8. The molecule has 0 aromatic carbocycles. The first-order valence-corrected chi connectivity index (χ1v) is 14.4. The lowest BCUT2D eigenvalue weighted by atomic mass is 10.1. The summed E-state index contributed by atoms with van der Waals surface area (Å²) in [6, 6.07) is 0. The summed E-state index contributed by atoms with van der Waals surface area (Å²) in [6.07, 6.45) is -8.52. The Kier molecular flexibility index (Phi) is 13.9. The van der Waals surface area contributed by atoms with Gasteiger partial charge in [-0.15, -0.1) is 0 Å². The molecule has 3 rings (SSSR count). The van der Waals surface area contributed by atoms with Crippen LogP contribution in [0.25, 0.3) is 0 Å². The van der Waals surface area contributed by atoms with Crippen molar-refractivity contribution in [2.75, 3.05) is 46.2 Å². The summed E-state index contributed by atoms with van der Waals surface area (Å²) in [6.45, 7) is 5.54. The number of hydrogen-bond acceptors (Lipinski definition) is 18. The van der Waals surface area contributed by atoms with E-state index in [1.165, 1.54) is 0 Å². The van der Waals surface area contributed by atoms with Crippen molar-refractivity contribution in [3.05, 3.63) is 0 Å². The van der Waals surface area contributed by atoms with Crippen molar-refractivity contribution in [1.82, 2.24) is 0 Å². The lowest BCUT2D eigenvalue weighted by Gasteiger charge is -2.32. The van der Waals surface area contributed by atoms with Gasteiger partial charge in [-0.3, -0.25) is 0 Å². The molecule has 0 amide bonds. The van der Waals surface area contributed by atoms with Crippen LogP contribution in [-0.4, -0.2) is 131 Å². The molecule has 0 bridgehead atoms. The van der Waals surface area contributed by atoms with Crippen LogP contribution in [0.3, 0.4) is 0 Å². The summed E-state index contributed by atoms with van der Waals surface area (Å²) in [5.74, 6) is -2.36. The molecule has 3 heterocycles. The number of rotatable bonds is 19. The molecule has 0 aliphatic carbocycles. The van der Waals surface area contributed by atoms with E-state index in [1.807, 2.05) is 6.92 Å². The van der Waals surface area contributed by atoms with E-state index < -0.39 is 85.2 Å². The second kappa shape index (κ2) is 17.6. The van der Waals surface area contributed by atoms with Gasteiger partial charge in [-0.2, -0.15) is 0 Å². The molecule has 0 spiro atoms. The van der Waals surface area contributed by atoms with Crippen molar-refractivity contribution < 1.29 is 85.6 Å². The molecule has 3 fully saturated rings. The Morgan fingerprint density at radius 1 is 0.622 bits per heavy atom. The molecule has 3 aliphatic rings. The molecule has 18 heteroatoms. The fraction of sp³-hybridized carbons (Fsp3) is 0.778. The van der Waals surface area contributed by atoms with Crippen molar-refractivity contribution in [2.24, 2.45) is 0 Å². The van der Waals surface area contributed by atoms with E-state index in [0.29, 0.717) is 12.8 Å². The molecule has 45 heavy (non-hydrogen) atoms. The highest BCUT2D eigenvalue weighted by Crippen LogP contribution is 2.19. The minimum atomic E-state index is -1.18. The van der Waals surface area contributed by atoms with Crippen molar-refractivity contribution in [2.45, 2.75) is 89.4 Å². The second-order valence-corrected chi connectivity index (χ2v) is 10.3. The molecule has 18 nitrogen and oxygen atoms in total. The number of cyclic esters (lactones) is 6. The van der Waals surface area contributed by atoms with E-state index >= 15 is 0 Å². The first-order valence-electron chi connectivity index (χ1n) is 14.4. The van der Waals surface area contributed by atoms with Gasteiger partial charge < -0.3 is 56.8 Å². The average molecular weight is 651 g/mol. The number of ether oxygens (including phenoxy) is 12. The fourth-order valence-corrected chi connectivity index (χ4v) is 4.05. The smallest absolute Gasteiger partial charge is 0.460 e. The number of hydrogen-bond donors (Lipinski definition) is 0. The van der Waals surface area contributed by atoms with E-state index in [4.69, 9.17) is 42.6 Å². The van der Waals surface area contributed by atoms with Gasteiger partial charge in [0.2, 0.25) is 18.3 Å². The first-order chi connectivity index (χ1) is 21.4. The maximum absolute atomic E-state index is 12.2. The summed E-state index contributed by atoms with van der Waals surface area (Å²) < 4.78 is 61.7. The second-order valence-electron chi connectivity index (χ2n) is 10.3. The van der Waals surface area contributed by atoms with Crippen molar-refractivity contribution in [3.63, 3.8) is 0 Å². The summed E-state index contributed by atoms with van der Waals surface area (Å²) >= 11 is 0. The largest absolute Gasteiger partial charge is 0.509 e. The Morgan fingerprint density at radius 3 is 1.36 bits per heavy atom. The molecule has 0 saturated carbocycles. The Bertz CT molecular complexity index is 1050. The highest BCUT2D eigenvalue weighted by molar-refractivity contribution is 5.80. The molecule has 0 radical (unpaired) electrons. The monoisotopic (exact) mass is 650 g/mol. The van der Waals surface area contributed by atoms with Gasteiger partial charge in [-0.1, -0.05) is 13.3 Å². The van der Waals surface area contributed by atoms with Crippen LogP contribution in [0.1, 0.15) is 40.5 Å². The van der Waals surface area contributed by atoms with E-state index in [9.17, 15) is 28.8 Å². The third-order valence-electron chi connectivity index (χ3n) is 6.29. The third kappa shape index (κ3) is 11.8. The van der Waals surface area contributed by atoms with Crippen molar-refractivity contribution >= 4 is 36.4 Å². The maximum Gasteiger partial charge on any atom is 0.509 e. The van der Waals surface area contributed by atoms with Gasteiger partial charge in [0.25, 0.3) is 0 Å². The van der Waals surface area contributed by atoms with Crippen LogP contribution in [0.5, 0.6) is 0 Å². The van der Waals surface area contributed by atoms with Gasteiger partial charge in [-0.05, 0) is 27.2 Å².